The molecule has 0 spiro atoms. The van der Waals surface area contributed by atoms with E-state index in [1.807, 2.05) is 34.6 Å². The summed E-state index contributed by atoms with van der Waals surface area (Å²) < 4.78 is 18.0. The Morgan fingerprint density at radius 1 is 0.923 bits per heavy atom. The normalized spacial score (nSPS) is 21.1. The largest absolute Gasteiger partial charge is 0.494 e. The van der Waals surface area contributed by atoms with Gasteiger partial charge in [-0.15, -0.1) is 0 Å². The summed E-state index contributed by atoms with van der Waals surface area (Å²) in [5.74, 6) is -0.283. The molecule has 1 rings (SSSR count). The molecule has 0 amide bonds. The summed E-state index contributed by atoms with van der Waals surface area (Å²) in [5.41, 5.74) is 4.89. The topological polar surface area (TPSA) is 44.8 Å². The molecule has 1 aliphatic rings. The molecule has 0 aliphatic carbocycles. The standard InChI is InChI=1S/C19H37BO4Si2/c1-12-22-17(21)15(13-25(6,7)8)16(14-26(9,10)11)20-23-18(2,3)19(4,5)24-20/h13-14H,12H2,1-11H3/b15-13-,16-14-. The predicted octanol–water partition coefficient (Wildman–Crippen LogP) is 4.79. The summed E-state index contributed by atoms with van der Waals surface area (Å²) in [4.78, 5) is 12.8. The Bertz CT molecular complexity index is 580. The first-order valence-corrected chi connectivity index (χ1v) is 16.6. The van der Waals surface area contributed by atoms with Gasteiger partial charge in [-0.3, -0.25) is 0 Å². The minimum atomic E-state index is -1.67. The Morgan fingerprint density at radius 3 is 1.69 bits per heavy atom. The summed E-state index contributed by atoms with van der Waals surface area (Å²) in [6, 6.07) is 0. The quantitative estimate of drug-likeness (QED) is 0.280. The van der Waals surface area contributed by atoms with Crippen LogP contribution >= 0.6 is 0 Å². The molecular formula is C19H37BO4Si2. The fraction of sp³-hybridized carbons (Fsp3) is 0.737. The molecule has 1 heterocycles. The molecule has 0 aromatic heterocycles. The highest BCUT2D eigenvalue weighted by molar-refractivity contribution is 6.83. The predicted molar refractivity (Wildman–Crippen MR) is 116 cm³/mol. The first-order chi connectivity index (χ1) is 11.5. The zero-order valence-electron chi connectivity index (χ0n) is 18.6. The molecule has 0 aromatic rings. The zero-order valence-corrected chi connectivity index (χ0v) is 20.6. The van der Waals surface area contributed by atoms with Crippen molar-refractivity contribution in [3.63, 3.8) is 0 Å². The van der Waals surface area contributed by atoms with E-state index in [1.165, 1.54) is 0 Å². The second kappa shape index (κ2) is 7.78. The number of carbonyl (C=O) groups is 1. The van der Waals surface area contributed by atoms with Crippen LogP contribution in [-0.2, 0) is 18.8 Å². The van der Waals surface area contributed by atoms with Crippen molar-refractivity contribution in [1.29, 1.82) is 0 Å². The van der Waals surface area contributed by atoms with E-state index in [-0.39, 0.29) is 5.97 Å². The number of ether oxygens (including phenoxy) is 1. The highest BCUT2D eigenvalue weighted by Crippen LogP contribution is 2.40. The second-order valence-electron chi connectivity index (χ2n) is 10.2. The number of rotatable bonds is 6. The van der Waals surface area contributed by atoms with Crippen molar-refractivity contribution in [2.45, 2.75) is 85.1 Å². The molecule has 0 unspecified atom stereocenters. The average Bonchev–Trinajstić information content (AvgIpc) is 2.60. The molecule has 0 aromatic carbocycles. The molecule has 26 heavy (non-hydrogen) atoms. The molecule has 1 saturated heterocycles. The van der Waals surface area contributed by atoms with Crippen molar-refractivity contribution < 1.29 is 18.8 Å². The lowest BCUT2D eigenvalue weighted by molar-refractivity contribution is -0.138. The average molecular weight is 396 g/mol. The van der Waals surface area contributed by atoms with Gasteiger partial charge in [-0.25, -0.2) is 4.79 Å². The molecular weight excluding hydrogens is 359 g/mol. The van der Waals surface area contributed by atoms with Crippen LogP contribution in [0, 0.1) is 0 Å². The van der Waals surface area contributed by atoms with Crippen LogP contribution in [0.3, 0.4) is 0 Å². The van der Waals surface area contributed by atoms with Gasteiger partial charge in [0.15, 0.2) is 0 Å². The smallest absolute Gasteiger partial charge is 0.462 e. The zero-order chi connectivity index (χ0) is 20.6. The van der Waals surface area contributed by atoms with Crippen LogP contribution in [0.15, 0.2) is 22.4 Å². The van der Waals surface area contributed by atoms with Crippen molar-refractivity contribution in [3.8, 4) is 0 Å². The van der Waals surface area contributed by atoms with Crippen LogP contribution < -0.4 is 0 Å². The fourth-order valence-corrected chi connectivity index (χ4v) is 4.99. The minimum Gasteiger partial charge on any atom is -0.462 e. The molecule has 0 N–H and O–H groups in total. The van der Waals surface area contributed by atoms with E-state index in [4.69, 9.17) is 14.0 Å². The fourth-order valence-electron chi connectivity index (χ4n) is 2.61. The number of esters is 1. The molecule has 148 valence electrons. The Labute approximate surface area is 162 Å². The lowest BCUT2D eigenvalue weighted by atomic mass is 9.75. The van der Waals surface area contributed by atoms with E-state index < -0.39 is 34.5 Å². The number of carbonyl (C=O) groups excluding carboxylic acids is 1. The summed E-state index contributed by atoms with van der Waals surface area (Å²) in [7, 11) is -3.87. The van der Waals surface area contributed by atoms with Gasteiger partial charge in [0.05, 0.1) is 39.5 Å². The van der Waals surface area contributed by atoms with Crippen LogP contribution in [0.4, 0.5) is 0 Å². The van der Waals surface area contributed by atoms with E-state index in [9.17, 15) is 4.79 Å². The first-order valence-electron chi connectivity index (χ1n) is 9.48. The van der Waals surface area contributed by atoms with Gasteiger partial charge in [0.2, 0.25) is 0 Å². The first kappa shape index (κ1) is 23.4. The summed E-state index contributed by atoms with van der Waals surface area (Å²) in [6.45, 7) is 23.7. The molecule has 1 fully saturated rings. The minimum absolute atomic E-state index is 0.283. The maximum absolute atomic E-state index is 12.8. The van der Waals surface area contributed by atoms with Gasteiger partial charge in [0.25, 0.3) is 0 Å². The van der Waals surface area contributed by atoms with Crippen molar-refractivity contribution in [2.75, 3.05) is 6.61 Å². The van der Waals surface area contributed by atoms with E-state index in [0.717, 1.165) is 5.47 Å². The Hall–Kier alpha value is -0.631. The lowest BCUT2D eigenvalue weighted by Gasteiger charge is -2.32. The van der Waals surface area contributed by atoms with Crippen LogP contribution in [-0.4, -0.2) is 47.0 Å². The Morgan fingerprint density at radius 2 is 1.35 bits per heavy atom. The lowest BCUT2D eigenvalue weighted by Crippen LogP contribution is -2.41. The van der Waals surface area contributed by atoms with Crippen molar-refractivity contribution >= 4 is 29.2 Å². The molecule has 0 saturated carbocycles. The van der Waals surface area contributed by atoms with E-state index in [1.54, 1.807) is 0 Å². The monoisotopic (exact) mass is 396 g/mol. The summed E-state index contributed by atoms with van der Waals surface area (Å²) >= 11 is 0. The van der Waals surface area contributed by atoms with Gasteiger partial charge in [0, 0.05) is 0 Å². The Balaban J connectivity index is 3.52. The van der Waals surface area contributed by atoms with Crippen LogP contribution in [0.1, 0.15) is 34.6 Å². The number of hydrogen-bond donors (Lipinski definition) is 0. The molecule has 4 nitrogen and oxygen atoms in total. The van der Waals surface area contributed by atoms with E-state index in [0.29, 0.717) is 12.2 Å². The third-order valence-electron chi connectivity index (χ3n) is 4.48. The van der Waals surface area contributed by atoms with Crippen molar-refractivity contribution in [2.24, 2.45) is 0 Å². The van der Waals surface area contributed by atoms with Gasteiger partial charge in [0.1, 0.15) is 0 Å². The van der Waals surface area contributed by atoms with E-state index in [2.05, 4.69) is 50.7 Å². The summed E-state index contributed by atoms with van der Waals surface area (Å²) in [6.07, 6.45) is 0. The Kier molecular flexibility index (Phi) is 7.00. The maximum atomic E-state index is 12.8. The highest BCUT2D eigenvalue weighted by atomic mass is 28.3. The third kappa shape index (κ3) is 6.22. The highest BCUT2D eigenvalue weighted by Gasteiger charge is 2.53. The van der Waals surface area contributed by atoms with Crippen LogP contribution in [0.2, 0.25) is 39.3 Å². The van der Waals surface area contributed by atoms with Crippen LogP contribution in [0.25, 0.3) is 0 Å². The van der Waals surface area contributed by atoms with Crippen molar-refractivity contribution in [1.82, 2.24) is 0 Å². The molecule has 0 bridgehead atoms. The number of hydrogen-bond acceptors (Lipinski definition) is 4. The second-order valence-corrected chi connectivity index (χ2v) is 20.2. The van der Waals surface area contributed by atoms with Crippen molar-refractivity contribution in [3.05, 3.63) is 22.4 Å². The van der Waals surface area contributed by atoms with Gasteiger partial charge < -0.3 is 14.0 Å². The third-order valence-corrected chi connectivity index (χ3v) is 6.81. The van der Waals surface area contributed by atoms with Gasteiger partial charge in [-0.1, -0.05) is 50.7 Å². The molecule has 1 aliphatic heterocycles. The SMILES string of the molecule is CCOC(=O)C(=C\[Si](C)(C)C)/C(=C/[Si](C)(C)C)B1OC(C)(C)C(C)(C)O1. The van der Waals surface area contributed by atoms with Crippen LogP contribution in [0.5, 0.6) is 0 Å². The van der Waals surface area contributed by atoms with Gasteiger partial charge in [-0.2, -0.15) is 0 Å². The molecule has 0 radical (unpaired) electrons. The van der Waals surface area contributed by atoms with Gasteiger partial charge in [-0.05, 0) is 40.1 Å². The van der Waals surface area contributed by atoms with E-state index >= 15 is 0 Å². The van der Waals surface area contributed by atoms with Gasteiger partial charge >= 0.3 is 13.1 Å². The maximum Gasteiger partial charge on any atom is 0.494 e. The summed E-state index contributed by atoms with van der Waals surface area (Å²) in [5, 5.41) is 0. The molecule has 7 heteroatoms. The molecule has 0 atom stereocenters.